The van der Waals surface area contributed by atoms with Crippen molar-refractivity contribution in [1.29, 1.82) is 0 Å². The van der Waals surface area contributed by atoms with Gasteiger partial charge in [0, 0.05) is 36.5 Å². The first-order valence-corrected chi connectivity index (χ1v) is 15.4. The molecule has 2 N–H and O–H groups in total. The van der Waals surface area contributed by atoms with E-state index in [1.54, 1.807) is 6.26 Å². The Morgan fingerprint density at radius 3 is 2.33 bits per heavy atom. The van der Waals surface area contributed by atoms with Crippen LogP contribution in [-0.4, -0.2) is 44.8 Å². The number of aryl methyl sites for hydroxylation is 1. The number of rotatable bonds is 6. The molecule has 1 fully saturated rings. The Bertz CT molecular complexity index is 1510. The van der Waals surface area contributed by atoms with Gasteiger partial charge in [-0.2, -0.15) is 0 Å². The van der Waals surface area contributed by atoms with Gasteiger partial charge in [-0.05, 0) is 84.7 Å². The second-order valence-electron chi connectivity index (χ2n) is 10.8. The van der Waals surface area contributed by atoms with Crippen LogP contribution in [0.15, 0.2) is 42.5 Å². The average Bonchev–Trinajstić information content (AvgIpc) is 2.91. The van der Waals surface area contributed by atoms with Crippen LogP contribution < -0.4 is 9.62 Å². The standard InChI is InChI=1S/C31H35N3O4S2/c1-18-5-7-21(8-6-18)28-20(3)29-25-10-9-24(32-31(37)22-11-13-33(39)14-12-22)15-23(25)17-34(40(4)38)30(29)19(2)26(28)16-27(35)36/h5-10,15,22,39H,11-14,16-17H2,1-4H3,(H,32,37)(H,35,36). The smallest absolute Gasteiger partial charge is 0.307 e. The number of anilines is 2. The van der Waals surface area contributed by atoms with Gasteiger partial charge in [-0.3, -0.25) is 18.2 Å². The maximum absolute atomic E-state index is 13.1. The third-order valence-corrected chi connectivity index (χ3v) is 9.46. The number of hydrogen-bond acceptors (Lipinski definition) is 5. The first kappa shape index (κ1) is 28.4. The topological polar surface area (TPSA) is 90.0 Å². The van der Waals surface area contributed by atoms with Crippen LogP contribution in [0.4, 0.5) is 11.4 Å². The molecule has 2 aliphatic rings. The van der Waals surface area contributed by atoms with E-state index in [4.69, 9.17) is 0 Å². The molecule has 5 rings (SSSR count). The number of hydrogen-bond donors (Lipinski definition) is 3. The summed E-state index contributed by atoms with van der Waals surface area (Å²) in [5.41, 5.74) is 9.97. The van der Waals surface area contributed by atoms with E-state index in [0.29, 0.717) is 6.54 Å². The average molecular weight is 578 g/mol. The molecule has 2 aliphatic heterocycles. The highest BCUT2D eigenvalue weighted by atomic mass is 32.2. The summed E-state index contributed by atoms with van der Waals surface area (Å²) < 4.78 is 16.9. The number of benzene rings is 3. The van der Waals surface area contributed by atoms with Crippen molar-refractivity contribution < 1.29 is 18.9 Å². The highest BCUT2D eigenvalue weighted by molar-refractivity contribution is 7.85. The third kappa shape index (κ3) is 5.42. The van der Waals surface area contributed by atoms with Gasteiger partial charge in [0.05, 0.1) is 18.7 Å². The van der Waals surface area contributed by atoms with Gasteiger partial charge in [-0.1, -0.05) is 48.7 Å². The number of carbonyl (C=O) groups is 2. The first-order chi connectivity index (χ1) is 19.0. The molecule has 1 saturated heterocycles. The molecule has 3 aromatic carbocycles. The number of carboxylic acid groups (broad SMARTS) is 1. The molecular formula is C31H35N3O4S2. The van der Waals surface area contributed by atoms with E-state index in [9.17, 15) is 18.9 Å². The molecule has 210 valence electrons. The Morgan fingerprint density at radius 1 is 1.02 bits per heavy atom. The molecule has 0 aromatic heterocycles. The summed E-state index contributed by atoms with van der Waals surface area (Å²) in [6, 6.07) is 14.1. The van der Waals surface area contributed by atoms with E-state index < -0.39 is 17.0 Å². The number of nitrogens with one attached hydrogen (secondary N) is 1. The fourth-order valence-corrected chi connectivity index (χ4v) is 7.08. The maximum atomic E-state index is 13.1. The second kappa shape index (κ2) is 11.4. The Labute approximate surface area is 243 Å². The highest BCUT2D eigenvalue weighted by Crippen LogP contribution is 2.49. The van der Waals surface area contributed by atoms with Crippen molar-refractivity contribution in [2.75, 3.05) is 29.0 Å². The van der Waals surface area contributed by atoms with Crippen molar-refractivity contribution in [3.05, 3.63) is 70.3 Å². The molecule has 0 aliphatic carbocycles. The number of thiol groups is 1. The monoisotopic (exact) mass is 577 g/mol. The molecule has 9 heteroatoms. The Hall–Kier alpha value is -3.14. The number of carbonyl (C=O) groups excluding carboxylic acids is 1. The zero-order chi connectivity index (χ0) is 28.7. The second-order valence-corrected chi connectivity index (χ2v) is 12.7. The fourth-order valence-electron chi connectivity index (χ4n) is 6.04. The lowest BCUT2D eigenvalue weighted by atomic mass is 9.81. The van der Waals surface area contributed by atoms with Gasteiger partial charge in [0.2, 0.25) is 5.91 Å². The third-order valence-electron chi connectivity index (χ3n) is 8.12. The van der Waals surface area contributed by atoms with Crippen LogP contribution in [0.2, 0.25) is 0 Å². The van der Waals surface area contributed by atoms with Crippen molar-refractivity contribution in [1.82, 2.24) is 4.31 Å². The lowest BCUT2D eigenvalue weighted by molar-refractivity contribution is -0.136. The SMILES string of the molecule is Cc1ccc(-c2c(C)c3c(c(C)c2CC(=O)O)N(S(C)=O)Cc2cc(NC(=O)C4CCN(S)CC4)ccc2-3)cc1. The van der Waals surface area contributed by atoms with E-state index >= 15 is 0 Å². The molecular weight excluding hydrogens is 542 g/mol. The molecule has 2 heterocycles. The maximum Gasteiger partial charge on any atom is 0.307 e. The fraction of sp³-hybridized carbons (Fsp3) is 0.355. The zero-order valence-electron chi connectivity index (χ0n) is 23.3. The van der Waals surface area contributed by atoms with Gasteiger partial charge in [0.1, 0.15) is 11.0 Å². The zero-order valence-corrected chi connectivity index (χ0v) is 25.0. The Kier molecular flexibility index (Phi) is 8.08. The number of carboxylic acids is 1. The van der Waals surface area contributed by atoms with Gasteiger partial charge < -0.3 is 10.4 Å². The van der Waals surface area contributed by atoms with Crippen LogP contribution in [0.25, 0.3) is 22.3 Å². The molecule has 3 aromatic rings. The quantitative estimate of drug-likeness (QED) is 0.328. The number of fused-ring (bicyclic) bond motifs is 3. The molecule has 0 saturated carbocycles. The summed E-state index contributed by atoms with van der Waals surface area (Å²) in [5, 5.41) is 12.9. The van der Waals surface area contributed by atoms with Crippen molar-refractivity contribution in [3.63, 3.8) is 0 Å². The van der Waals surface area contributed by atoms with Crippen LogP contribution in [0.1, 0.15) is 40.7 Å². The van der Waals surface area contributed by atoms with Crippen LogP contribution in [0, 0.1) is 26.7 Å². The molecule has 1 unspecified atom stereocenters. The van der Waals surface area contributed by atoms with Crippen molar-refractivity contribution in [3.8, 4) is 22.3 Å². The van der Waals surface area contributed by atoms with Gasteiger partial charge in [-0.25, -0.2) is 4.21 Å². The summed E-state index contributed by atoms with van der Waals surface area (Å²) >= 11 is 4.39. The molecule has 1 amide bonds. The predicted octanol–water partition coefficient (Wildman–Crippen LogP) is 5.68. The minimum atomic E-state index is -1.35. The summed E-state index contributed by atoms with van der Waals surface area (Å²) in [4.78, 5) is 25.0. The van der Waals surface area contributed by atoms with Crippen LogP contribution in [-0.2, 0) is 33.5 Å². The van der Waals surface area contributed by atoms with Crippen LogP contribution >= 0.6 is 12.8 Å². The molecule has 7 nitrogen and oxygen atoms in total. The number of amides is 1. The predicted molar refractivity (Wildman–Crippen MR) is 165 cm³/mol. The summed E-state index contributed by atoms with van der Waals surface area (Å²) in [7, 11) is -1.35. The largest absolute Gasteiger partial charge is 0.481 e. The van der Waals surface area contributed by atoms with E-state index in [2.05, 4.69) is 18.1 Å². The highest BCUT2D eigenvalue weighted by Gasteiger charge is 2.32. The number of aliphatic carboxylic acids is 1. The minimum absolute atomic E-state index is 0.0144. The van der Waals surface area contributed by atoms with Crippen molar-refractivity contribution >= 4 is 47.1 Å². The summed E-state index contributed by atoms with van der Waals surface area (Å²) in [6.45, 7) is 7.94. The lowest BCUT2D eigenvalue weighted by Crippen LogP contribution is -2.34. The van der Waals surface area contributed by atoms with Crippen molar-refractivity contribution in [2.45, 2.75) is 46.6 Å². The van der Waals surface area contributed by atoms with Crippen LogP contribution in [0.3, 0.4) is 0 Å². The van der Waals surface area contributed by atoms with Gasteiger partial charge in [0.25, 0.3) is 0 Å². The lowest BCUT2D eigenvalue weighted by Gasteiger charge is -2.36. The molecule has 40 heavy (non-hydrogen) atoms. The van der Waals surface area contributed by atoms with Gasteiger partial charge in [0.15, 0.2) is 0 Å². The number of piperidine rings is 1. The van der Waals surface area contributed by atoms with Crippen molar-refractivity contribution in [2.24, 2.45) is 5.92 Å². The summed E-state index contributed by atoms with van der Waals surface area (Å²) in [5.74, 6) is -0.938. The van der Waals surface area contributed by atoms with Gasteiger partial charge in [-0.15, -0.1) is 0 Å². The number of nitrogens with zero attached hydrogens (tertiary/aromatic N) is 2. The van der Waals surface area contributed by atoms with E-state index in [-0.39, 0.29) is 18.2 Å². The molecule has 0 bridgehead atoms. The Morgan fingerprint density at radius 2 is 1.70 bits per heavy atom. The molecule has 1 atom stereocenters. The Balaban J connectivity index is 1.64. The van der Waals surface area contributed by atoms with E-state index in [1.807, 2.05) is 71.8 Å². The van der Waals surface area contributed by atoms with Crippen LogP contribution in [0.5, 0.6) is 0 Å². The minimum Gasteiger partial charge on any atom is -0.481 e. The summed E-state index contributed by atoms with van der Waals surface area (Å²) in [6.07, 6.45) is 3.06. The molecule has 0 spiro atoms. The van der Waals surface area contributed by atoms with Gasteiger partial charge >= 0.3 is 5.97 Å². The normalized spacial score (nSPS) is 16.3. The van der Waals surface area contributed by atoms with E-state index in [1.165, 1.54) is 0 Å². The first-order valence-electron chi connectivity index (χ1n) is 13.5. The molecule has 0 radical (unpaired) electrons. The van der Waals surface area contributed by atoms with E-state index in [0.717, 1.165) is 87.4 Å².